The first kappa shape index (κ1) is 29.5. The molecule has 2 N–H and O–H groups in total. The van der Waals surface area contributed by atoms with Crippen LogP contribution in [0.25, 0.3) is 22.0 Å². The molecule has 1 aromatic heterocycles. The van der Waals surface area contributed by atoms with Gasteiger partial charge in [-0.1, -0.05) is 24.3 Å². The second-order valence-electron chi connectivity index (χ2n) is 11.4. The van der Waals surface area contributed by atoms with Crippen LogP contribution in [0.3, 0.4) is 0 Å². The number of aliphatic hydroxyl groups excluding tert-OH is 1. The summed E-state index contributed by atoms with van der Waals surface area (Å²) in [6.07, 6.45) is -1.02. The first-order valence-corrected chi connectivity index (χ1v) is 14.6. The Morgan fingerprint density at radius 1 is 0.860 bits per heavy atom. The fourth-order valence-electron chi connectivity index (χ4n) is 6.23. The standard InChI is InChI=1S/C33H33F5N4O/c34-28-11-7-23(17-29(28)35)22-8-12-30-26(16-22)27(32(43)42-15-3-4-25(42)20-41-13-1-2-14-41)18-31(40-30)39-19-21-5-9-24(10-6-21)33(36,37)38/h5-12,16-18,25,32,43H,1-4,13-15,19-20H2,(H,39,40)/t25-,32?/m0/s1. The molecule has 2 saturated heterocycles. The average molecular weight is 597 g/mol. The highest BCUT2D eigenvalue weighted by Crippen LogP contribution is 2.36. The van der Waals surface area contributed by atoms with Crippen LogP contribution in [0.1, 0.15) is 48.6 Å². The van der Waals surface area contributed by atoms with Crippen LogP contribution in [0, 0.1) is 11.6 Å². The van der Waals surface area contributed by atoms with Crippen LogP contribution in [-0.4, -0.2) is 52.1 Å². The normalized spacial score (nSPS) is 18.9. The Kier molecular flexibility index (Phi) is 8.35. The van der Waals surface area contributed by atoms with E-state index in [4.69, 9.17) is 4.98 Å². The Balaban J connectivity index is 1.33. The molecule has 6 rings (SSSR count). The van der Waals surface area contributed by atoms with E-state index >= 15 is 0 Å². The number of halogens is 5. The molecule has 4 aromatic rings. The van der Waals surface area contributed by atoms with Crippen molar-refractivity contribution in [3.63, 3.8) is 0 Å². The third kappa shape index (κ3) is 6.51. The summed E-state index contributed by atoms with van der Waals surface area (Å²) < 4.78 is 66.6. The number of benzene rings is 3. The molecule has 3 heterocycles. The van der Waals surface area contributed by atoms with Crippen LogP contribution in [0.5, 0.6) is 0 Å². The summed E-state index contributed by atoms with van der Waals surface area (Å²) in [5, 5.41) is 15.7. The monoisotopic (exact) mass is 596 g/mol. The van der Waals surface area contributed by atoms with Gasteiger partial charge in [-0.2, -0.15) is 13.2 Å². The van der Waals surface area contributed by atoms with Gasteiger partial charge in [0.15, 0.2) is 11.6 Å². The van der Waals surface area contributed by atoms with E-state index in [0.717, 1.165) is 63.3 Å². The van der Waals surface area contributed by atoms with Gasteiger partial charge in [0.05, 0.1) is 11.1 Å². The van der Waals surface area contributed by atoms with Gasteiger partial charge in [-0.25, -0.2) is 13.8 Å². The molecule has 10 heteroatoms. The molecule has 2 atom stereocenters. The van der Waals surface area contributed by atoms with E-state index in [9.17, 15) is 27.1 Å². The molecule has 0 saturated carbocycles. The van der Waals surface area contributed by atoms with Crippen molar-refractivity contribution in [3.8, 4) is 11.1 Å². The number of rotatable bonds is 8. The number of alkyl halides is 3. The first-order chi connectivity index (χ1) is 20.7. The van der Waals surface area contributed by atoms with Crippen molar-refractivity contribution >= 4 is 16.7 Å². The lowest BCUT2D eigenvalue weighted by atomic mass is 9.99. The van der Waals surface area contributed by atoms with Gasteiger partial charge >= 0.3 is 6.18 Å². The molecule has 0 amide bonds. The average Bonchev–Trinajstić information content (AvgIpc) is 3.69. The predicted octanol–water partition coefficient (Wildman–Crippen LogP) is 7.36. The van der Waals surface area contributed by atoms with Gasteiger partial charge in [0.1, 0.15) is 12.0 Å². The predicted molar refractivity (Wildman–Crippen MR) is 156 cm³/mol. The number of anilines is 1. The maximum absolute atomic E-state index is 14.1. The fraction of sp³-hybridized carbons (Fsp3) is 0.364. The van der Waals surface area contributed by atoms with E-state index in [1.807, 2.05) is 6.07 Å². The van der Waals surface area contributed by atoms with E-state index in [0.29, 0.717) is 39.0 Å². The Morgan fingerprint density at radius 2 is 1.58 bits per heavy atom. The van der Waals surface area contributed by atoms with Crippen molar-refractivity contribution in [1.29, 1.82) is 0 Å². The van der Waals surface area contributed by atoms with Crippen molar-refractivity contribution in [2.24, 2.45) is 0 Å². The molecule has 2 aliphatic rings. The molecule has 0 radical (unpaired) electrons. The SMILES string of the molecule is OC(c1cc(NCc2ccc(C(F)(F)F)cc2)nc2ccc(-c3ccc(F)c(F)c3)cc12)N1CCC[C@H]1CN1CCCC1. The number of nitrogens with one attached hydrogen (secondary N) is 1. The van der Waals surface area contributed by atoms with Gasteiger partial charge in [0, 0.05) is 36.6 Å². The zero-order valence-corrected chi connectivity index (χ0v) is 23.5. The fourth-order valence-corrected chi connectivity index (χ4v) is 6.23. The summed E-state index contributed by atoms with van der Waals surface area (Å²) in [5.41, 5.74) is 2.30. The third-order valence-electron chi connectivity index (χ3n) is 8.53. The molecule has 3 aromatic carbocycles. The molecular formula is C33H33F5N4O. The maximum Gasteiger partial charge on any atom is 0.416 e. The number of fused-ring (bicyclic) bond motifs is 1. The molecule has 226 valence electrons. The highest BCUT2D eigenvalue weighted by Gasteiger charge is 2.33. The molecule has 0 bridgehead atoms. The zero-order chi connectivity index (χ0) is 30.1. The highest BCUT2D eigenvalue weighted by molar-refractivity contribution is 5.89. The number of hydrogen-bond acceptors (Lipinski definition) is 5. The van der Waals surface area contributed by atoms with Crippen molar-refractivity contribution in [2.45, 2.75) is 50.7 Å². The molecule has 0 aliphatic carbocycles. The minimum Gasteiger partial charge on any atom is -0.374 e. The van der Waals surface area contributed by atoms with Gasteiger partial charge in [-0.15, -0.1) is 0 Å². The Labute approximate surface area is 247 Å². The maximum atomic E-state index is 14.1. The lowest BCUT2D eigenvalue weighted by Crippen LogP contribution is -2.41. The van der Waals surface area contributed by atoms with Gasteiger partial charge in [-0.05, 0) is 97.9 Å². The summed E-state index contributed by atoms with van der Waals surface area (Å²) >= 11 is 0. The van der Waals surface area contributed by atoms with E-state index in [2.05, 4.69) is 15.1 Å². The van der Waals surface area contributed by atoms with Gasteiger partial charge in [-0.3, -0.25) is 4.90 Å². The van der Waals surface area contributed by atoms with Gasteiger partial charge < -0.3 is 15.3 Å². The Morgan fingerprint density at radius 3 is 2.30 bits per heavy atom. The van der Waals surface area contributed by atoms with E-state index < -0.39 is 29.6 Å². The second-order valence-corrected chi connectivity index (χ2v) is 11.4. The van der Waals surface area contributed by atoms with Gasteiger partial charge in [0.2, 0.25) is 0 Å². The summed E-state index contributed by atoms with van der Waals surface area (Å²) in [7, 11) is 0. The van der Waals surface area contributed by atoms with E-state index in [1.165, 1.54) is 31.0 Å². The number of aliphatic hydroxyl groups is 1. The molecular weight excluding hydrogens is 563 g/mol. The first-order valence-electron chi connectivity index (χ1n) is 14.6. The zero-order valence-electron chi connectivity index (χ0n) is 23.5. The van der Waals surface area contributed by atoms with Crippen molar-refractivity contribution in [1.82, 2.24) is 14.8 Å². The van der Waals surface area contributed by atoms with Gasteiger partial charge in [0.25, 0.3) is 0 Å². The molecule has 2 aliphatic heterocycles. The lowest BCUT2D eigenvalue weighted by Gasteiger charge is -2.33. The number of likely N-dealkylation sites (tertiary alicyclic amines) is 2. The quantitative estimate of drug-likeness (QED) is 0.208. The van der Waals surface area contributed by atoms with E-state index in [1.54, 1.807) is 18.2 Å². The highest BCUT2D eigenvalue weighted by atomic mass is 19.4. The minimum atomic E-state index is -4.41. The number of nitrogens with zero attached hydrogens (tertiary/aromatic N) is 3. The summed E-state index contributed by atoms with van der Waals surface area (Å²) in [4.78, 5) is 9.29. The topological polar surface area (TPSA) is 51.6 Å². The molecule has 1 unspecified atom stereocenters. The smallest absolute Gasteiger partial charge is 0.374 e. The largest absolute Gasteiger partial charge is 0.416 e. The third-order valence-corrected chi connectivity index (χ3v) is 8.53. The Bertz CT molecular complexity index is 1590. The summed E-state index contributed by atoms with van der Waals surface area (Å²) in [6, 6.07) is 16.0. The number of pyridine rings is 1. The van der Waals surface area contributed by atoms with Crippen LogP contribution in [0.2, 0.25) is 0 Å². The molecule has 5 nitrogen and oxygen atoms in total. The minimum absolute atomic E-state index is 0.189. The van der Waals surface area contributed by atoms with Crippen LogP contribution in [0.15, 0.2) is 66.7 Å². The lowest BCUT2D eigenvalue weighted by molar-refractivity contribution is -0.137. The van der Waals surface area contributed by atoms with Crippen LogP contribution < -0.4 is 5.32 Å². The summed E-state index contributed by atoms with van der Waals surface area (Å²) in [5.74, 6) is -1.40. The Hall–Kier alpha value is -3.60. The summed E-state index contributed by atoms with van der Waals surface area (Å²) in [6.45, 7) is 3.99. The second kappa shape index (κ2) is 12.2. The molecule has 0 spiro atoms. The van der Waals surface area contributed by atoms with Crippen LogP contribution in [-0.2, 0) is 12.7 Å². The molecule has 43 heavy (non-hydrogen) atoms. The number of aromatic nitrogens is 1. The van der Waals surface area contributed by atoms with Crippen molar-refractivity contribution in [3.05, 3.63) is 95.1 Å². The molecule has 2 fully saturated rings. The van der Waals surface area contributed by atoms with Crippen LogP contribution in [0.4, 0.5) is 27.8 Å². The van der Waals surface area contributed by atoms with Crippen molar-refractivity contribution < 1.29 is 27.1 Å². The van der Waals surface area contributed by atoms with E-state index in [-0.39, 0.29) is 12.6 Å². The van der Waals surface area contributed by atoms with Crippen molar-refractivity contribution in [2.75, 3.05) is 31.5 Å². The van der Waals surface area contributed by atoms with Crippen LogP contribution >= 0.6 is 0 Å². The number of hydrogen-bond donors (Lipinski definition) is 2.